The summed E-state index contributed by atoms with van der Waals surface area (Å²) in [5.41, 5.74) is 1.71. The minimum absolute atomic E-state index is 0.152. The van der Waals surface area contributed by atoms with Crippen LogP contribution in [0.1, 0.15) is 56.9 Å². The van der Waals surface area contributed by atoms with E-state index in [1.807, 2.05) is 44.2 Å². The summed E-state index contributed by atoms with van der Waals surface area (Å²) in [6, 6.07) is 15.6. The van der Waals surface area contributed by atoms with Crippen molar-refractivity contribution in [3.8, 4) is 22.4 Å². The number of carboxylic acids is 1. The number of aliphatic hydroxyl groups is 1. The number of aliphatic carboxylic acids is 1. The van der Waals surface area contributed by atoms with Gasteiger partial charge in [0.15, 0.2) is 5.16 Å². The molecule has 0 aliphatic heterocycles. The molecule has 0 bridgehead atoms. The van der Waals surface area contributed by atoms with Crippen LogP contribution in [0.15, 0.2) is 54.6 Å². The molecule has 0 amide bonds. The van der Waals surface area contributed by atoms with Crippen molar-refractivity contribution in [3.63, 3.8) is 0 Å². The number of rotatable bonds is 9. The maximum Gasteiger partial charge on any atom is 0.322 e. The van der Waals surface area contributed by atoms with Gasteiger partial charge < -0.3 is 14.7 Å². The van der Waals surface area contributed by atoms with Crippen molar-refractivity contribution < 1.29 is 28.5 Å². The first-order chi connectivity index (χ1) is 16.9. The van der Waals surface area contributed by atoms with Crippen molar-refractivity contribution in [3.05, 3.63) is 77.2 Å². The van der Waals surface area contributed by atoms with Crippen LogP contribution < -0.4 is 0 Å². The van der Waals surface area contributed by atoms with E-state index < -0.39 is 30.6 Å². The van der Waals surface area contributed by atoms with Gasteiger partial charge in [0.2, 0.25) is 8.03 Å². The predicted octanol–water partition coefficient (Wildman–Crippen LogP) is 6.55. The smallest absolute Gasteiger partial charge is 0.322 e. The third-order valence-electron chi connectivity index (χ3n) is 6.89. The highest BCUT2D eigenvalue weighted by Crippen LogP contribution is 2.56. The number of halogens is 1. The van der Waals surface area contributed by atoms with Crippen LogP contribution in [-0.4, -0.2) is 33.4 Å². The zero-order chi connectivity index (χ0) is 26.8. The molecule has 0 saturated carbocycles. The molecule has 1 heterocycles. The summed E-state index contributed by atoms with van der Waals surface area (Å²) in [5.74, 6) is -2.07. The highest BCUT2D eigenvalue weighted by molar-refractivity contribution is 7.42. The quantitative estimate of drug-likeness (QED) is 0.315. The minimum atomic E-state index is -3.29. The minimum Gasteiger partial charge on any atom is -0.480 e. The standard InChI is InChI=1S/C28H33FNO5P/c1-7-28(26(31)32,36(34)35-6)27(5,33)24-22(21-14-13-20(29)15-18(21)4)16-23(30-25(24)17(2)3)19-11-9-8-10-12-19/h8-17,33,36H,7H2,1-6H3,(H,31,32). The molecule has 36 heavy (non-hydrogen) atoms. The molecule has 8 heteroatoms. The SMILES string of the molecule is CCC(C(=O)O)([PH](=O)OC)C(C)(O)c1c(-c2ccc(F)cc2C)cc(-c2ccccc2)nc1C(C)C. The molecule has 1 aromatic heterocycles. The number of aromatic nitrogens is 1. The Bertz CT molecular complexity index is 1290. The lowest BCUT2D eigenvalue weighted by atomic mass is 9.74. The highest BCUT2D eigenvalue weighted by Gasteiger charge is 2.59. The zero-order valence-electron chi connectivity index (χ0n) is 21.4. The maximum absolute atomic E-state index is 14.1. The molecule has 3 atom stereocenters. The van der Waals surface area contributed by atoms with E-state index in [1.165, 1.54) is 26.2 Å². The topological polar surface area (TPSA) is 96.7 Å². The number of pyridine rings is 1. The number of nitrogens with zero attached hydrogens (tertiary/aromatic N) is 1. The van der Waals surface area contributed by atoms with E-state index >= 15 is 0 Å². The average molecular weight is 514 g/mol. The predicted molar refractivity (Wildman–Crippen MR) is 140 cm³/mol. The van der Waals surface area contributed by atoms with E-state index in [9.17, 15) is 24.0 Å². The van der Waals surface area contributed by atoms with Gasteiger partial charge in [-0.2, -0.15) is 0 Å². The van der Waals surface area contributed by atoms with Crippen LogP contribution in [0.2, 0.25) is 0 Å². The summed E-state index contributed by atoms with van der Waals surface area (Å²) in [6.07, 6.45) is -0.152. The average Bonchev–Trinajstić information content (AvgIpc) is 2.83. The van der Waals surface area contributed by atoms with Gasteiger partial charge in [0.05, 0.1) is 11.4 Å². The molecule has 3 aromatic rings. The largest absolute Gasteiger partial charge is 0.480 e. The third kappa shape index (κ3) is 4.63. The molecule has 0 radical (unpaired) electrons. The fourth-order valence-electron chi connectivity index (χ4n) is 4.91. The van der Waals surface area contributed by atoms with Gasteiger partial charge in [-0.15, -0.1) is 0 Å². The van der Waals surface area contributed by atoms with E-state index in [1.54, 1.807) is 26.0 Å². The van der Waals surface area contributed by atoms with Gasteiger partial charge in [0, 0.05) is 18.2 Å². The van der Waals surface area contributed by atoms with Crippen molar-refractivity contribution in [2.45, 2.75) is 57.7 Å². The molecule has 0 aliphatic rings. The van der Waals surface area contributed by atoms with Crippen molar-refractivity contribution >= 4 is 14.0 Å². The summed E-state index contributed by atoms with van der Waals surface area (Å²) in [7, 11) is -2.11. The highest BCUT2D eigenvalue weighted by atomic mass is 31.1. The number of hydrogen-bond acceptors (Lipinski definition) is 5. The Balaban J connectivity index is 2.54. The molecule has 0 fully saturated rings. The first-order valence-electron chi connectivity index (χ1n) is 11.8. The number of carboxylic acid groups (broad SMARTS) is 1. The molecular formula is C28H33FNO5P. The normalized spacial score (nSPS) is 15.8. The van der Waals surface area contributed by atoms with Crippen LogP contribution >= 0.6 is 8.03 Å². The van der Waals surface area contributed by atoms with Gasteiger partial charge in [-0.25, -0.2) is 4.39 Å². The maximum atomic E-state index is 14.1. The lowest BCUT2D eigenvalue weighted by Crippen LogP contribution is -2.53. The Morgan fingerprint density at radius 1 is 1.14 bits per heavy atom. The van der Waals surface area contributed by atoms with Crippen LogP contribution in [0.5, 0.6) is 0 Å². The summed E-state index contributed by atoms with van der Waals surface area (Å²) in [4.78, 5) is 17.6. The molecule has 0 saturated heterocycles. The lowest BCUT2D eigenvalue weighted by Gasteiger charge is -2.42. The fourth-order valence-corrected chi connectivity index (χ4v) is 6.25. The molecule has 0 spiro atoms. The van der Waals surface area contributed by atoms with Gasteiger partial charge >= 0.3 is 5.97 Å². The molecule has 2 N–H and O–H groups in total. The second-order valence-electron chi connectivity index (χ2n) is 9.42. The van der Waals surface area contributed by atoms with Crippen molar-refractivity contribution in [2.24, 2.45) is 0 Å². The van der Waals surface area contributed by atoms with E-state index in [-0.39, 0.29) is 17.9 Å². The Kier molecular flexibility index (Phi) is 8.19. The van der Waals surface area contributed by atoms with E-state index in [0.717, 1.165) is 5.56 Å². The molecule has 192 valence electrons. The second kappa shape index (κ2) is 10.6. The zero-order valence-corrected chi connectivity index (χ0v) is 22.4. The van der Waals surface area contributed by atoms with Gasteiger partial charge in [-0.05, 0) is 61.1 Å². The monoisotopic (exact) mass is 513 g/mol. The number of benzene rings is 2. The number of hydrogen-bond donors (Lipinski definition) is 2. The van der Waals surface area contributed by atoms with E-state index in [0.29, 0.717) is 28.1 Å². The second-order valence-corrected chi connectivity index (χ2v) is 11.3. The molecular weight excluding hydrogens is 480 g/mol. The van der Waals surface area contributed by atoms with Crippen molar-refractivity contribution in [2.75, 3.05) is 7.11 Å². The molecule has 6 nitrogen and oxygen atoms in total. The van der Waals surface area contributed by atoms with E-state index in [2.05, 4.69) is 0 Å². The molecule has 3 rings (SSSR count). The number of carbonyl (C=O) groups is 1. The van der Waals surface area contributed by atoms with Gasteiger partial charge in [0.25, 0.3) is 0 Å². The lowest BCUT2D eigenvalue weighted by molar-refractivity contribution is -0.149. The summed E-state index contributed by atoms with van der Waals surface area (Å²) in [6.45, 7) is 8.46. The van der Waals surface area contributed by atoms with Crippen LogP contribution in [0.3, 0.4) is 0 Å². The molecule has 2 aromatic carbocycles. The molecule has 0 aliphatic carbocycles. The third-order valence-corrected chi connectivity index (χ3v) is 9.01. The Labute approximate surface area is 212 Å². The van der Waals surface area contributed by atoms with E-state index in [4.69, 9.17) is 9.51 Å². The number of aryl methyl sites for hydroxylation is 1. The summed E-state index contributed by atoms with van der Waals surface area (Å²) < 4.78 is 32.4. The van der Waals surface area contributed by atoms with Crippen molar-refractivity contribution in [1.29, 1.82) is 0 Å². The van der Waals surface area contributed by atoms with Gasteiger partial charge in [-0.1, -0.05) is 57.2 Å². The first kappa shape index (κ1) is 27.7. The Morgan fingerprint density at radius 2 is 1.78 bits per heavy atom. The van der Waals surface area contributed by atoms with Crippen LogP contribution in [-0.2, 0) is 19.5 Å². The van der Waals surface area contributed by atoms with Crippen LogP contribution in [0, 0.1) is 12.7 Å². The van der Waals surface area contributed by atoms with Crippen molar-refractivity contribution in [1.82, 2.24) is 4.98 Å². The summed E-state index contributed by atoms with van der Waals surface area (Å²) >= 11 is 0. The fraction of sp³-hybridized carbons (Fsp3) is 0.357. The Morgan fingerprint density at radius 3 is 2.28 bits per heavy atom. The molecule has 3 unspecified atom stereocenters. The Hall–Kier alpha value is -2.86. The van der Waals surface area contributed by atoms with Gasteiger partial charge in [-0.3, -0.25) is 14.3 Å². The van der Waals surface area contributed by atoms with Crippen LogP contribution in [0.25, 0.3) is 22.4 Å². The summed E-state index contributed by atoms with van der Waals surface area (Å²) in [5, 5.41) is 20.4. The van der Waals surface area contributed by atoms with Crippen LogP contribution in [0.4, 0.5) is 4.39 Å². The van der Waals surface area contributed by atoms with Gasteiger partial charge in [0.1, 0.15) is 11.4 Å². The first-order valence-corrected chi connectivity index (χ1v) is 13.2.